The van der Waals surface area contributed by atoms with Crippen LogP contribution in [0.1, 0.15) is 20.3 Å². The third kappa shape index (κ3) is 9.14. The van der Waals surface area contributed by atoms with Gasteiger partial charge in [-0.3, -0.25) is 14.8 Å². The van der Waals surface area contributed by atoms with Crippen LogP contribution in [0, 0.1) is 0 Å². The molecule has 2 aliphatic rings. The van der Waals surface area contributed by atoms with Crippen molar-refractivity contribution in [1.82, 2.24) is 25.3 Å². The standard InChI is InChI=1S/C17H33F3N6.HI/c1-4-21-16(22-11-14(2)26-9-7-24(3)8-10-26)23-15-5-6-25(12-15)13-17(18,19)20;/h14-15H,4-13H2,1-3H3,(H2,21,22,23);1H. The smallest absolute Gasteiger partial charge is 0.357 e. The Morgan fingerprint density at radius 3 is 2.44 bits per heavy atom. The van der Waals surface area contributed by atoms with E-state index in [4.69, 9.17) is 0 Å². The highest BCUT2D eigenvalue weighted by Gasteiger charge is 2.34. The molecule has 2 N–H and O–H groups in total. The Kier molecular flexibility index (Phi) is 10.6. The average molecular weight is 506 g/mol. The molecular formula is C17H34F3IN6. The summed E-state index contributed by atoms with van der Waals surface area (Å²) in [5.74, 6) is 0.701. The van der Waals surface area contributed by atoms with Gasteiger partial charge < -0.3 is 15.5 Å². The third-order valence-corrected chi connectivity index (χ3v) is 5.04. The molecule has 0 bridgehead atoms. The van der Waals surface area contributed by atoms with Crippen LogP contribution < -0.4 is 10.6 Å². The van der Waals surface area contributed by atoms with Gasteiger partial charge in [0.1, 0.15) is 0 Å². The van der Waals surface area contributed by atoms with E-state index in [1.54, 1.807) is 0 Å². The molecule has 6 nitrogen and oxygen atoms in total. The molecule has 2 heterocycles. The van der Waals surface area contributed by atoms with E-state index in [1.165, 1.54) is 4.90 Å². The maximum absolute atomic E-state index is 12.5. The molecule has 0 aliphatic carbocycles. The molecule has 0 radical (unpaired) electrons. The predicted octanol–water partition coefficient (Wildman–Crippen LogP) is 1.43. The highest BCUT2D eigenvalue weighted by atomic mass is 127. The zero-order chi connectivity index (χ0) is 19.2. The van der Waals surface area contributed by atoms with Crippen molar-refractivity contribution in [2.24, 2.45) is 4.99 Å². The molecule has 160 valence electrons. The van der Waals surface area contributed by atoms with E-state index in [0.717, 1.165) is 32.7 Å². The Labute approximate surface area is 177 Å². The quantitative estimate of drug-likeness (QED) is 0.325. The molecule has 27 heavy (non-hydrogen) atoms. The fourth-order valence-corrected chi connectivity index (χ4v) is 3.46. The van der Waals surface area contributed by atoms with Crippen molar-refractivity contribution in [3.8, 4) is 0 Å². The van der Waals surface area contributed by atoms with Crippen LogP contribution in [0.3, 0.4) is 0 Å². The molecule has 0 aromatic heterocycles. The number of piperazine rings is 1. The number of nitrogens with one attached hydrogen (secondary N) is 2. The second kappa shape index (κ2) is 11.6. The van der Waals surface area contributed by atoms with Gasteiger partial charge in [-0.2, -0.15) is 13.2 Å². The first-order valence-corrected chi connectivity index (χ1v) is 9.53. The number of hydrogen-bond donors (Lipinski definition) is 2. The largest absolute Gasteiger partial charge is 0.401 e. The first-order valence-electron chi connectivity index (χ1n) is 9.53. The van der Waals surface area contributed by atoms with Crippen LogP contribution in [0.4, 0.5) is 13.2 Å². The van der Waals surface area contributed by atoms with E-state index < -0.39 is 12.7 Å². The van der Waals surface area contributed by atoms with Crippen molar-refractivity contribution in [3.05, 3.63) is 0 Å². The molecule has 0 aromatic rings. The second-order valence-corrected chi connectivity index (χ2v) is 7.39. The van der Waals surface area contributed by atoms with Gasteiger partial charge in [-0.25, -0.2) is 0 Å². The summed E-state index contributed by atoms with van der Waals surface area (Å²) in [6.07, 6.45) is -3.43. The van der Waals surface area contributed by atoms with E-state index >= 15 is 0 Å². The van der Waals surface area contributed by atoms with Crippen LogP contribution in [0.25, 0.3) is 0 Å². The van der Waals surface area contributed by atoms with E-state index in [-0.39, 0.29) is 30.0 Å². The normalized spacial score (nSPS) is 24.5. The topological polar surface area (TPSA) is 46.1 Å². The van der Waals surface area contributed by atoms with Crippen LogP contribution >= 0.6 is 24.0 Å². The third-order valence-electron chi connectivity index (χ3n) is 5.04. The lowest BCUT2D eigenvalue weighted by Gasteiger charge is -2.36. The van der Waals surface area contributed by atoms with Gasteiger partial charge in [0.25, 0.3) is 0 Å². The minimum atomic E-state index is -4.13. The number of nitrogens with zero attached hydrogens (tertiary/aromatic N) is 4. The molecule has 2 rings (SSSR count). The minimum Gasteiger partial charge on any atom is -0.357 e. The highest BCUT2D eigenvalue weighted by molar-refractivity contribution is 14.0. The zero-order valence-electron chi connectivity index (χ0n) is 16.6. The van der Waals surface area contributed by atoms with Crippen LogP contribution in [-0.2, 0) is 0 Å². The van der Waals surface area contributed by atoms with Crippen molar-refractivity contribution in [2.75, 3.05) is 66.0 Å². The number of alkyl halides is 3. The van der Waals surface area contributed by atoms with Gasteiger partial charge >= 0.3 is 6.18 Å². The van der Waals surface area contributed by atoms with Crippen LogP contribution in [-0.4, -0.2) is 105 Å². The van der Waals surface area contributed by atoms with Gasteiger partial charge in [-0.1, -0.05) is 0 Å². The summed E-state index contributed by atoms with van der Waals surface area (Å²) in [4.78, 5) is 10.9. The van der Waals surface area contributed by atoms with Gasteiger partial charge in [0.15, 0.2) is 5.96 Å². The summed E-state index contributed by atoms with van der Waals surface area (Å²) in [7, 11) is 2.14. The van der Waals surface area contributed by atoms with Crippen LogP contribution in [0.15, 0.2) is 4.99 Å². The summed E-state index contributed by atoms with van der Waals surface area (Å²) in [6.45, 7) is 9.85. The van der Waals surface area contributed by atoms with Crippen molar-refractivity contribution >= 4 is 29.9 Å². The monoisotopic (exact) mass is 506 g/mol. The maximum Gasteiger partial charge on any atom is 0.401 e. The molecule has 0 aromatic carbocycles. The van der Waals surface area contributed by atoms with Gasteiger partial charge in [0, 0.05) is 57.9 Å². The van der Waals surface area contributed by atoms with Crippen molar-refractivity contribution in [3.63, 3.8) is 0 Å². The van der Waals surface area contributed by atoms with Crippen molar-refractivity contribution < 1.29 is 13.2 Å². The second-order valence-electron chi connectivity index (χ2n) is 7.39. The average Bonchev–Trinajstić information content (AvgIpc) is 2.98. The van der Waals surface area contributed by atoms with Crippen molar-refractivity contribution in [1.29, 1.82) is 0 Å². The summed E-state index contributed by atoms with van der Waals surface area (Å²) in [5.41, 5.74) is 0. The number of likely N-dealkylation sites (N-methyl/N-ethyl adjacent to an activating group) is 1. The lowest BCUT2D eigenvalue weighted by Crippen LogP contribution is -2.49. The number of guanidine groups is 1. The summed E-state index contributed by atoms with van der Waals surface area (Å²) in [5, 5.41) is 6.51. The molecule has 0 spiro atoms. The van der Waals surface area contributed by atoms with E-state index in [2.05, 4.69) is 39.4 Å². The molecule has 2 fully saturated rings. The molecular weight excluding hydrogens is 472 g/mol. The van der Waals surface area contributed by atoms with Gasteiger partial charge in [-0.15, -0.1) is 24.0 Å². The molecule has 2 saturated heterocycles. The number of likely N-dealkylation sites (tertiary alicyclic amines) is 1. The van der Waals surface area contributed by atoms with E-state index in [9.17, 15) is 13.2 Å². The number of aliphatic imine (C=N–C) groups is 1. The number of hydrogen-bond acceptors (Lipinski definition) is 4. The summed E-state index contributed by atoms with van der Waals surface area (Å²) < 4.78 is 37.6. The molecule has 0 amide bonds. The molecule has 0 saturated carbocycles. The Hall–Kier alpha value is -0.330. The van der Waals surface area contributed by atoms with Gasteiger partial charge in [0.2, 0.25) is 0 Å². The fraction of sp³-hybridized carbons (Fsp3) is 0.941. The van der Waals surface area contributed by atoms with Gasteiger partial charge in [0.05, 0.1) is 13.1 Å². The van der Waals surface area contributed by atoms with E-state index in [1.807, 2.05) is 6.92 Å². The first-order chi connectivity index (χ1) is 12.3. The Morgan fingerprint density at radius 2 is 1.85 bits per heavy atom. The summed E-state index contributed by atoms with van der Waals surface area (Å²) in [6, 6.07) is 0.360. The Bertz CT molecular complexity index is 454. The van der Waals surface area contributed by atoms with Gasteiger partial charge in [-0.05, 0) is 27.3 Å². The molecule has 2 aliphatic heterocycles. The summed E-state index contributed by atoms with van der Waals surface area (Å²) >= 11 is 0. The minimum absolute atomic E-state index is 0. The predicted molar refractivity (Wildman–Crippen MR) is 114 cm³/mol. The van der Waals surface area contributed by atoms with E-state index in [0.29, 0.717) is 38.1 Å². The first kappa shape index (κ1) is 24.7. The van der Waals surface area contributed by atoms with Crippen LogP contribution in [0.5, 0.6) is 0 Å². The number of halogens is 4. The molecule has 2 atom stereocenters. The zero-order valence-corrected chi connectivity index (χ0v) is 18.9. The Morgan fingerprint density at radius 1 is 1.19 bits per heavy atom. The SMILES string of the molecule is CCNC(=NCC(C)N1CCN(C)CC1)NC1CCN(CC(F)(F)F)C1.I. The van der Waals surface area contributed by atoms with Crippen molar-refractivity contribution in [2.45, 2.75) is 38.5 Å². The fourth-order valence-electron chi connectivity index (χ4n) is 3.46. The lowest BCUT2D eigenvalue weighted by atomic mass is 10.2. The van der Waals surface area contributed by atoms with Crippen LogP contribution in [0.2, 0.25) is 0 Å². The Balaban J connectivity index is 0.00000364. The highest BCUT2D eigenvalue weighted by Crippen LogP contribution is 2.19. The number of rotatable bonds is 6. The lowest BCUT2D eigenvalue weighted by molar-refractivity contribution is -0.143. The molecule has 10 heteroatoms. The molecule has 2 unspecified atom stereocenters. The maximum atomic E-state index is 12.5.